The number of hydrogen-bond donors (Lipinski definition) is 2. The number of aryl methyl sites for hydroxylation is 1. The number of aromatic nitrogens is 1. The predicted octanol–water partition coefficient (Wildman–Crippen LogP) is 2.42. The zero-order chi connectivity index (χ0) is 14.7. The molecule has 0 aliphatic rings. The van der Waals surface area contributed by atoms with Gasteiger partial charge in [0.2, 0.25) is 0 Å². The zero-order valence-electron chi connectivity index (χ0n) is 10.7. The molecule has 0 atom stereocenters. The van der Waals surface area contributed by atoms with Gasteiger partial charge in [0, 0.05) is 17.4 Å². The number of nitrogens with zero attached hydrogens (tertiary/aromatic N) is 1. The van der Waals surface area contributed by atoms with Crippen molar-refractivity contribution in [1.29, 1.82) is 0 Å². The van der Waals surface area contributed by atoms with Gasteiger partial charge in [-0.25, -0.2) is 4.39 Å². The second kappa shape index (κ2) is 5.75. The zero-order valence-corrected chi connectivity index (χ0v) is 11.5. The summed E-state index contributed by atoms with van der Waals surface area (Å²) in [6.07, 6.45) is 1.53. The first kappa shape index (κ1) is 14.1. The molecular formula is C14H12FN3OS. The molecule has 0 saturated heterocycles. The minimum Gasteiger partial charge on any atom is -0.389 e. The normalized spacial score (nSPS) is 10.1. The molecule has 1 aromatic heterocycles. The summed E-state index contributed by atoms with van der Waals surface area (Å²) in [6, 6.07) is 7.57. The summed E-state index contributed by atoms with van der Waals surface area (Å²) in [5.74, 6) is -0.895. The largest absolute Gasteiger partial charge is 0.389 e. The Hall–Kier alpha value is -2.34. The average Bonchev–Trinajstić information content (AvgIpc) is 2.41. The molecule has 1 amide bonds. The molecule has 6 heteroatoms. The number of amides is 1. The van der Waals surface area contributed by atoms with Crippen LogP contribution in [0.25, 0.3) is 0 Å². The standard InChI is InChI=1S/C14H12FN3OS/c1-8-3-2-6-17-12(8)14(19)18-9-4-5-11(15)10(7-9)13(16)20/h2-7H,1H3,(H2,16,20)(H,18,19). The molecule has 4 nitrogen and oxygen atoms in total. The number of halogens is 1. The molecule has 0 fully saturated rings. The monoisotopic (exact) mass is 289 g/mol. The maximum Gasteiger partial charge on any atom is 0.274 e. The molecule has 0 radical (unpaired) electrons. The van der Waals surface area contributed by atoms with Crippen molar-refractivity contribution >= 4 is 28.8 Å². The van der Waals surface area contributed by atoms with Crippen LogP contribution in [-0.2, 0) is 0 Å². The van der Waals surface area contributed by atoms with Crippen molar-refractivity contribution in [3.63, 3.8) is 0 Å². The van der Waals surface area contributed by atoms with Crippen molar-refractivity contribution < 1.29 is 9.18 Å². The van der Waals surface area contributed by atoms with E-state index in [1.165, 1.54) is 24.4 Å². The molecule has 2 aromatic rings. The molecule has 2 rings (SSSR count). The van der Waals surface area contributed by atoms with Crippen LogP contribution in [0.4, 0.5) is 10.1 Å². The van der Waals surface area contributed by atoms with Gasteiger partial charge in [0.05, 0.1) is 0 Å². The molecule has 0 aliphatic carbocycles. The third kappa shape index (κ3) is 2.97. The highest BCUT2D eigenvalue weighted by molar-refractivity contribution is 7.80. The number of benzene rings is 1. The van der Waals surface area contributed by atoms with E-state index in [0.717, 1.165) is 5.56 Å². The molecule has 3 N–H and O–H groups in total. The van der Waals surface area contributed by atoms with E-state index >= 15 is 0 Å². The molecule has 20 heavy (non-hydrogen) atoms. The summed E-state index contributed by atoms with van der Waals surface area (Å²) < 4.78 is 13.5. The van der Waals surface area contributed by atoms with Crippen molar-refractivity contribution in [3.8, 4) is 0 Å². The Morgan fingerprint density at radius 2 is 2.15 bits per heavy atom. The quantitative estimate of drug-likeness (QED) is 0.852. The Balaban J connectivity index is 2.27. The van der Waals surface area contributed by atoms with Crippen LogP contribution >= 0.6 is 12.2 Å². The van der Waals surface area contributed by atoms with Gasteiger partial charge in [0.15, 0.2) is 0 Å². The van der Waals surface area contributed by atoms with Crippen molar-refractivity contribution in [2.75, 3.05) is 5.32 Å². The highest BCUT2D eigenvalue weighted by atomic mass is 32.1. The Morgan fingerprint density at radius 1 is 1.40 bits per heavy atom. The summed E-state index contributed by atoms with van der Waals surface area (Å²) >= 11 is 4.75. The van der Waals surface area contributed by atoms with E-state index in [2.05, 4.69) is 10.3 Å². The summed E-state index contributed by atoms with van der Waals surface area (Å²) in [5.41, 5.74) is 6.98. The second-order valence-corrected chi connectivity index (χ2v) is 4.62. The van der Waals surface area contributed by atoms with Crippen molar-refractivity contribution in [1.82, 2.24) is 4.98 Å². The van der Waals surface area contributed by atoms with E-state index in [1.54, 1.807) is 19.1 Å². The van der Waals surface area contributed by atoms with E-state index in [-0.39, 0.29) is 16.5 Å². The smallest absolute Gasteiger partial charge is 0.274 e. The minimum absolute atomic E-state index is 0.0624. The van der Waals surface area contributed by atoms with Gasteiger partial charge in [0.1, 0.15) is 16.5 Å². The summed E-state index contributed by atoms with van der Waals surface area (Å²) in [6.45, 7) is 1.78. The number of carbonyl (C=O) groups is 1. The van der Waals surface area contributed by atoms with Crippen LogP contribution in [0.15, 0.2) is 36.5 Å². The Morgan fingerprint density at radius 3 is 2.80 bits per heavy atom. The van der Waals surface area contributed by atoms with Gasteiger partial charge in [-0.3, -0.25) is 9.78 Å². The molecule has 1 aromatic carbocycles. The van der Waals surface area contributed by atoms with Crippen LogP contribution in [0.1, 0.15) is 21.6 Å². The topological polar surface area (TPSA) is 68.0 Å². The fourth-order valence-corrected chi connectivity index (χ4v) is 1.86. The number of pyridine rings is 1. The Bertz CT molecular complexity index is 688. The van der Waals surface area contributed by atoms with Gasteiger partial charge in [-0.1, -0.05) is 18.3 Å². The lowest BCUT2D eigenvalue weighted by Crippen LogP contribution is -2.17. The average molecular weight is 289 g/mol. The Labute approximate surface area is 120 Å². The van der Waals surface area contributed by atoms with Crippen LogP contribution < -0.4 is 11.1 Å². The van der Waals surface area contributed by atoms with E-state index in [1.807, 2.05) is 0 Å². The Kier molecular flexibility index (Phi) is 4.05. The van der Waals surface area contributed by atoms with E-state index in [0.29, 0.717) is 11.4 Å². The minimum atomic E-state index is -0.524. The van der Waals surface area contributed by atoms with E-state index in [4.69, 9.17) is 18.0 Å². The van der Waals surface area contributed by atoms with Crippen molar-refractivity contribution in [2.24, 2.45) is 5.73 Å². The molecule has 0 saturated carbocycles. The third-order valence-corrected chi connectivity index (χ3v) is 2.93. The predicted molar refractivity (Wildman–Crippen MR) is 79.2 cm³/mol. The number of thiocarbonyl (C=S) groups is 1. The van der Waals surface area contributed by atoms with Gasteiger partial charge in [0.25, 0.3) is 5.91 Å². The number of anilines is 1. The van der Waals surface area contributed by atoms with E-state index in [9.17, 15) is 9.18 Å². The van der Waals surface area contributed by atoms with Crippen LogP contribution in [0.5, 0.6) is 0 Å². The molecule has 0 bridgehead atoms. The summed E-state index contributed by atoms with van der Waals surface area (Å²) in [7, 11) is 0. The lowest BCUT2D eigenvalue weighted by Gasteiger charge is -2.08. The summed E-state index contributed by atoms with van der Waals surface area (Å²) in [4.78, 5) is 16.0. The molecule has 0 aliphatic heterocycles. The SMILES string of the molecule is Cc1cccnc1C(=O)Nc1ccc(F)c(C(N)=S)c1. The van der Waals surface area contributed by atoms with Crippen LogP contribution in [0, 0.1) is 12.7 Å². The highest BCUT2D eigenvalue weighted by Crippen LogP contribution is 2.16. The first-order valence-corrected chi connectivity index (χ1v) is 6.22. The molecular weight excluding hydrogens is 277 g/mol. The van der Waals surface area contributed by atoms with Crippen LogP contribution in [0.3, 0.4) is 0 Å². The fraction of sp³-hybridized carbons (Fsp3) is 0.0714. The van der Waals surface area contributed by atoms with Gasteiger partial charge < -0.3 is 11.1 Å². The summed E-state index contributed by atoms with van der Waals surface area (Å²) in [5, 5.41) is 2.64. The second-order valence-electron chi connectivity index (χ2n) is 4.18. The first-order valence-electron chi connectivity index (χ1n) is 5.81. The number of rotatable bonds is 3. The lowest BCUT2D eigenvalue weighted by atomic mass is 10.1. The van der Waals surface area contributed by atoms with Crippen LogP contribution in [0.2, 0.25) is 0 Å². The molecule has 1 heterocycles. The number of carbonyl (C=O) groups excluding carboxylic acids is 1. The lowest BCUT2D eigenvalue weighted by molar-refractivity contribution is 0.102. The molecule has 102 valence electrons. The van der Waals surface area contributed by atoms with Gasteiger partial charge >= 0.3 is 0 Å². The fourth-order valence-electron chi connectivity index (χ4n) is 1.71. The third-order valence-electron chi connectivity index (χ3n) is 2.71. The molecule has 0 spiro atoms. The van der Waals surface area contributed by atoms with Gasteiger partial charge in [-0.2, -0.15) is 0 Å². The van der Waals surface area contributed by atoms with Gasteiger partial charge in [-0.15, -0.1) is 0 Å². The maximum atomic E-state index is 13.5. The van der Waals surface area contributed by atoms with Crippen molar-refractivity contribution in [3.05, 3.63) is 59.2 Å². The molecule has 0 unspecified atom stereocenters. The van der Waals surface area contributed by atoms with Gasteiger partial charge in [-0.05, 0) is 36.8 Å². The first-order chi connectivity index (χ1) is 9.49. The van der Waals surface area contributed by atoms with E-state index < -0.39 is 5.82 Å². The maximum absolute atomic E-state index is 13.5. The van der Waals surface area contributed by atoms with Crippen LogP contribution in [-0.4, -0.2) is 15.9 Å². The van der Waals surface area contributed by atoms with Crippen molar-refractivity contribution in [2.45, 2.75) is 6.92 Å². The number of hydrogen-bond acceptors (Lipinski definition) is 3. The highest BCUT2D eigenvalue weighted by Gasteiger charge is 2.12. The number of nitrogens with one attached hydrogen (secondary N) is 1. The number of nitrogens with two attached hydrogens (primary N) is 1.